The van der Waals surface area contributed by atoms with Crippen molar-refractivity contribution in [3.8, 4) is 0 Å². The maximum absolute atomic E-state index is 6.34. The molecule has 1 aromatic carbocycles. The highest BCUT2D eigenvalue weighted by atomic mass is 35.5. The molecule has 17 heavy (non-hydrogen) atoms. The predicted molar refractivity (Wildman–Crippen MR) is 76.3 cm³/mol. The van der Waals surface area contributed by atoms with Gasteiger partial charge in [-0.2, -0.15) is 0 Å². The van der Waals surface area contributed by atoms with Crippen LogP contribution in [0.4, 0.5) is 5.69 Å². The molecule has 0 N–H and O–H groups in total. The van der Waals surface area contributed by atoms with Gasteiger partial charge in [0.15, 0.2) is 0 Å². The second-order valence-electron chi connectivity index (χ2n) is 4.67. The van der Waals surface area contributed by atoms with Gasteiger partial charge in [-0.15, -0.1) is 11.6 Å². The molecule has 0 aromatic heterocycles. The number of nitrogens with zero attached hydrogens (tertiary/aromatic N) is 1. The second-order valence-corrected chi connectivity index (χ2v) is 5.35. The molecule has 1 saturated heterocycles. The van der Waals surface area contributed by atoms with Crippen molar-refractivity contribution in [3.63, 3.8) is 0 Å². The second kappa shape index (κ2) is 6.51. The first-order valence-corrected chi connectivity index (χ1v) is 7.32. The first kappa shape index (κ1) is 13.0. The maximum atomic E-state index is 6.34. The highest BCUT2D eigenvalue weighted by Gasteiger charge is 2.12. The van der Waals surface area contributed by atoms with Gasteiger partial charge in [0.25, 0.3) is 0 Å². The third-order valence-electron chi connectivity index (χ3n) is 3.36. The molecular formula is C14H19Cl2N. The van der Waals surface area contributed by atoms with E-state index in [1.165, 1.54) is 37.8 Å². The molecule has 0 radical (unpaired) electrons. The Balaban J connectivity index is 2.13. The number of halogens is 2. The Morgan fingerprint density at radius 2 is 1.65 bits per heavy atom. The van der Waals surface area contributed by atoms with Crippen LogP contribution in [0, 0.1) is 0 Å². The summed E-state index contributed by atoms with van der Waals surface area (Å²) >= 11 is 12.1. The fraction of sp³-hybridized carbons (Fsp3) is 0.571. The van der Waals surface area contributed by atoms with E-state index >= 15 is 0 Å². The van der Waals surface area contributed by atoms with Crippen LogP contribution in [-0.2, 0) is 5.88 Å². The van der Waals surface area contributed by atoms with E-state index < -0.39 is 0 Å². The average Bonchev–Trinajstić information content (AvgIpc) is 2.29. The molecule has 1 aliphatic heterocycles. The summed E-state index contributed by atoms with van der Waals surface area (Å²) in [5.74, 6) is 0.528. The highest BCUT2D eigenvalue weighted by molar-refractivity contribution is 6.33. The van der Waals surface area contributed by atoms with Gasteiger partial charge in [0.1, 0.15) is 0 Å². The smallest absolute Gasteiger partial charge is 0.0642 e. The van der Waals surface area contributed by atoms with Crippen LogP contribution in [0.2, 0.25) is 5.02 Å². The Bertz CT molecular complexity index is 357. The molecular weight excluding hydrogens is 253 g/mol. The van der Waals surface area contributed by atoms with E-state index in [2.05, 4.69) is 17.0 Å². The van der Waals surface area contributed by atoms with E-state index in [0.717, 1.165) is 23.7 Å². The summed E-state index contributed by atoms with van der Waals surface area (Å²) in [5.41, 5.74) is 2.26. The molecule has 1 nitrogen and oxygen atoms in total. The minimum atomic E-state index is 0.528. The average molecular weight is 272 g/mol. The number of benzene rings is 1. The Hall–Kier alpha value is -0.400. The summed E-state index contributed by atoms with van der Waals surface area (Å²) in [6.45, 7) is 2.25. The van der Waals surface area contributed by atoms with Gasteiger partial charge in [0, 0.05) is 19.0 Å². The summed E-state index contributed by atoms with van der Waals surface area (Å²) in [5, 5.41) is 0.837. The number of alkyl halides is 1. The molecule has 3 heteroatoms. The van der Waals surface area contributed by atoms with Crippen molar-refractivity contribution in [2.75, 3.05) is 18.0 Å². The van der Waals surface area contributed by atoms with Crippen LogP contribution in [0.1, 0.15) is 37.7 Å². The zero-order valence-electron chi connectivity index (χ0n) is 10.1. The zero-order valence-corrected chi connectivity index (χ0v) is 11.6. The molecule has 1 aliphatic rings. The Morgan fingerprint density at radius 3 is 2.24 bits per heavy atom. The number of hydrogen-bond donors (Lipinski definition) is 0. The van der Waals surface area contributed by atoms with E-state index in [9.17, 15) is 0 Å². The topological polar surface area (TPSA) is 3.24 Å². The van der Waals surface area contributed by atoms with Gasteiger partial charge < -0.3 is 4.90 Å². The van der Waals surface area contributed by atoms with Crippen LogP contribution in [0.3, 0.4) is 0 Å². The lowest BCUT2D eigenvalue weighted by Crippen LogP contribution is -2.27. The molecule has 0 bridgehead atoms. The van der Waals surface area contributed by atoms with Crippen molar-refractivity contribution < 1.29 is 0 Å². The van der Waals surface area contributed by atoms with E-state index in [4.69, 9.17) is 23.2 Å². The maximum Gasteiger partial charge on any atom is 0.0642 e. The van der Waals surface area contributed by atoms with Crippen molar-refractivity contribution in [2.24, 2.45) is 0 Å². The molecule has 0 saturated carbocycles. The molecule has 0 unspecified atom stereocenters. The van der Waals surface area contributed by atoms with Gasteiger partial charge in [-0.3, -0.25) is 0 Å². The molecule has 1 fully saturated rings. The van der Waals surface area contributed by atoms with Crippen LogP contribution in [-0.4, -0.2) is 13.1 Å². The van der Waals surface area contributed by atoms with Gasteiger partial charge in [-0.05, 0) is 30.5 Å². The molecule has 1 aromatic rings. The van der Waals surface area contributed by atoms with Gasteiger partial charge in [0.05, 0.1) is 10.7 Å². The van der Waals surface area contributed by atoms with Crippen molar-refractivity contribution in [3.05, 3.63) is 28.8 Å². The fourth-order valence-electron chi connectivity index (χ4n) is 2.38. The van der Waals surface area contributed by atoms with Crippen molar-refractivity contribution in [1.82, 2.24) is 0 Å². The number of hydrogen-bond acceptors (Lipinski definition) is 1. The number of anilines is 1. The molecule has 2 rings (SSSR count). The summed E-state index contributed by atoms with van der Waals surface area (Å²) < 4.78 is 0. The minimum Gasteiger partial charge on any atom is -0.370 e. The minimum absolute atomic E-state index is 0.528. The van der Waals surface area contributed by atoms with Crippen molar-refractivity contribution >= 4 is 28.9 Å². The molecule has 1 heterocycles. The van der Waals surface area contributed by atoms with Crippen molar-refractivity contribution in [1.29, 1.82) is 0 Å². The third-order valence-corrected chi connectivity index (χ3v) is 3.97. The van der Waals surface area contributed by atoms with Crippen LogP contribution in [0.15, 0.2) is 18.2 Å². The lowest BCUT2D eigenvalue weighted by molar-refractivity contribution is 0.556. The molecule has 94 valence electrons. The monoisotopic (exact) mass is 271 g/mol. The third kappa shape index (κ3) is 3.53. The highest BCUT2D eigenvalue weighted by Crippen LogP contribution is 2.29. The van der Waals surface area contributed by atoms with Gasteiger partial charge in [-0.25, -0.2) is 0 Å². The molecule has 0 spiro atoms. The van der Waals surface area contributed by atoms with E-state index in [0.29, 0.717) is 5.88 Å². The van der Waals surface area contributed by atoms with E-state index in [-0.39, 0.29) is 0 Å². The largest absolute Gasteiger partial charge is 0.370 e. The Morgan fingerprint density at radius 1 is 1.00 bits per heavy atom. The van der Waals surface area contributed by atoms with Crippen LogP contribution in [0.5, 0.6) is 0 Å². The van der Waals surface area contributed by atoms with Gasteiger partial charge in [0.2, 0.25) is 0 Å². The lowest BCUT2D eigenvalue weighted by Gasteiger charge is -2.27. The standard InChI is InChI=1S/C14H19Cl2N/c15-11-12-6-7-14(13(16)10-12)17-8-4-2-1-3-5-9-17/h6-7,10H,1-5,8-9,11H2. The summed E-state index contributed by atoms with van der Waals surface area (Å²) in [6.07, 6.45) is 6.61. The zero-order chi connectivity index (χ0) is 12.1. The van der Waals surface area contributed by atoms with E-state index in [1.54, 1.807) is 0 Å². The van der Waals surface area contributed by atoms with Gasteiger partial charge >= 0.3 is 0 Å². The first-order chi connectivity index (χ1) is 8.31. The predicted octanol–water partition coefficient (Wildman–Crippen LogP) is 4.85. The van der Waals surface area contributed by atoms with Crippen LogP contribution >= 0.6 is 23.2 Å². The SMILES string of the molecule is ClCc1ccc(N2CCCCCCC2)c(Cl)c1. The van der Waals surface area contributed by atoms with Crippen LogP contribution < -0.4 is 4.90 Å². The Labute approximate surface area is 114 Å². The lowest BCUT2D eigenvalue weighted by atomic mass is 10.1. The van der Waals surface area contributed by atoms with Crippen LogP contribution in [0.25, 0.3) is 0 Å². The first-order valence-electron chi connectivity index (χ1n) is 6.40. The summed E-state index contributed by atoms with van der Waals surface area (Å²) in [4.78, 5) is 2.42. The molecule has 0 aliphatic carbocycles. The molecule has 0 atom stereocenters. The van der Waals surface area contributed by atoms with Gasteiger partial charge in [-0.1, -0.05) is 36.9 Å². The summed E-state index contributed by atoms with van der Waals surface area (Å²) in [6, 6.07) is 6.18. The summed E-state index contributed by atoms with van der Waals surface area (Å²) in [7, 11) is 0. The quantitative estimate of drug-likeness (QED) is 0.696. The van der Waals surface area contributed by atoms with Crippen molar-refractivity contribution in [2.45, 2.75) is 38.0 Å². The van der Waals surface area contributed by atoms with E-state index in [1.807, 2.05) is 6.07 Å². The molecule has 0 amide bonds. The Kier molecular flexibility index (Phi) is 4.99. The number of rotatable bonds is 2. The fourth-order valence-corrected chi connectivity index (χ4v) is 2.87. The normalized spacial score (nSPS) is 17.6.